The van der Waals surface area contributed by atoms with Gasteiger partial charge in [0.2, 0.25) is 0 Å². The molecule has 4 heteroatoms. The Morgan fingerprint density at radius 1 is 1.33 bits per heavy atom. The minimum atomic E-state index is 0.588. The standard InChI is InChI=1S/C11H12Cl2N2/c1-15-6-7(4-5-14)8-2-3-9(12)10(13)11(8)15/h2-3,6H,4-5,14H2,1H3. The molecule has 0 saturated carbocycles. The summed E-state index contributed by atoms with van der Waals surface area (Å²) in [7, 11) is 1.96. The molecule has 0 aliphatic rings. The van der Waals surface area contributed by atoms with Gasteiger partial charge in [-0.15, -0.1) is 0 Å². The molecule has 0 spiro atoms. The van der Waals surface area contributed by atoms with E-state index in [4.69, 9.17) is 28.9 Å². The third-order valence-electron chi connectivity index (χ3n) is 2.53. The highest BCUT2D eigenvalue weighted by molar-refractivity contribution is 6.45. The van der Waals surface area contributed by atoms with Crippen LogP contribution in [0.25, 0.3) is 10.9 Å². The first kappa shape index (κ1) is 10.8. The summed E-state index contributed by atoms with van der Waals surface area (Å²) in [6.07, 6.45) is 2.91. The van der Waals surface area contributed by atoms with Crippen LogP contribution in [0, 0.1) is 0 Å². The van der Waals surface area contributed by atoms with Gasteiger partial charge in [0.25, 0.3) is 0 Å². The largest absolute Gasteiger partial charge is 0.349 e. The van der Waals surface area contributed by atoms with Crippen LogP contribution >= 0.6 is 23.2 Å². The van der Waals surface area contributed by atoms with Crippen molar-refractivity contribution < 1.29 is 0 Å². The van der Waals surface area contributed by atoms with E-state index in [9.17, 15) is 0 Å². The topological polar surface area (TPSA) is 30.9 Å². The maximum atomic E-state index is 6.16. The molecule has 0 atom stereocenters. The lowest BCUT2D eigenvalue weighted by atomic mass is 10.1. The van der Waals surface area contributed by atoms with Crippen molar-refractivity contribution in [3.05, 3.63) is 33.9 Å². The van der Waals surface area contributed by atoms with Crippen molar-refractivity contribution in [2.75, 3.05) is 6.54 Å². The maximum Gasteiger partial charge on any atom is 0.0835 e. The summed E-state index contributed by atoms with van der Waals surface area (Å²) < 4.78 is 1.99. The van der Waals surface area contributed by atoms with Gasteiger partial charge < -0.3 is 10.3 Å². The van der Waals surface area contributed by atoms with Crippen LogP contribution in [0.4, 0.5) is 0 Å². The van der Waals surface area contributed by atoms with Gasteiger partial charge in [-0.1, -0.05) is 29.3 Å². The van der Waals surface area contributed by atoms with Gasteiger partial charge in [0.15, 0.2) is 0 Å². The number of fused-ring (bicyclic) bond motifs is 1. The van der Waals surface area contributed by atoms with Crippen molar-refractivity contribution in [2.45, 2.75) is 6.42 Å². The quantitative estimate of drug-likeness (QED) is 0.863. The van der Waals surface area contributed by atoms with Crippen molar-refractivity contribution in [1.29, 1.82) is 0 Å². The smallest absolute Gasteiger partial charge is 0.0835 e. The molecule has 0 saturated heterocycles. The van der Waals surface area contributed by atoms with E-state index in [1.807, 2.05) is 23.7 Å². The summed E-state index contributed by atoms with van der Waals surface area (Å²) >= 11 is 12.1. The molecular formula is C11H12Cl2N2. The number of hydrogen-bond donors (Lipinski definition) is 1. The van der Waals surface area contributed by atoms with E-state index in [1.54, 1.807) is 0 Å². The maximum absolute atomic E-state index is 6.16. The van der Waals surface area contributed by atoms with E-state index in [0.29, 0.717) is 16.6 Å². The first-order valence-electron chi connectivity index (χ1n) is 4.77. The summed E-state index contributed by atoms with van der Waals surface area (Å²) in [5, 5.41) is 2.34. The fraction of sp³-hybridized carbons (Fsp3) is 0.273. The summed E-state index contributed by atoms with van der Waals surface area (Å²) in [5.74, 6) is 0. The zero-order chi connectivity index (χ0) is 11.0. The predicted octanol–water partition coefficient (Wildman–Crippen LogP) is 2.99. The van der Waals surface area contributed by atoms with Gasteiger partial charge in [0.05, 0.1) is 15.6 Å². The second-order valence-corrected chi connectivity index (χ2v) is 4.35. The molecule has 0 fully saturated rings. The Kier molecular flexibility index (Phi) is 2.91. The SMILES string of the molecule is Cn1cc(CCN)c2ccc(Cl)c(Cl)c21. The van der Waals surface area contributed by atoms with Crippen molar-refractivity contribution in [2.24, 2.45) is 12.8 Å². The van der Waals surface area contributed by atoms with E-state index in [2.05, 4.69) is 6.20 Å². The lowest BCUT2D eigenvalue weighted by molar-refractivity contribution is 0.929. The van der Waals surface area contributed by atoms with E-state index >= 15 is 0 Å². The third kappa shape index (κ3) is 1.73. The molecule has 2 rings (SSSR count). The molecule has 1 aromatic carbocycles. The number of benzene rings is 1. The molecule has 0 aliphatic heterocycles. The number of aryl methyl sites for hydroxylation is 1. The van der Waals surface area contributed by atoms with Crippen molar-refractivity contribution in [1.82, 2.24) is 4.57 Å². The molecule has 80 valence electrons. The van der Waals surface area contributed by atoms with Crippen LogP contribution < -0.4 is 5.73 Å². The highest BCUT2D eigenvalue weighted by atomic mass is 35.5. The average molecular weight is 243 g/mol. The van der Waals surface area contributed by atoms with Crippen LogP contribution in [0.1, 0.15) is 5.56 Å². The molecule has 15 heavy (non-hydrogen) atoms. The fourth-order valence-electron chi connectivity index (χ4n) is 1.87. The highest BCUT2D eigenvalue weighted by Gasteiger charge is 2.11. The van der Waals surface area contributed by atoms with Crippen molar-refractivity contribution in [3.63, 3.8) is 0 Å². The zero-order valence-corrected chi connectivity index (χ0v) is 9.94. The molecule has 0 amide bonds. The van der Waals surface area contributed by atoms with Crippen LogP contribution in [0.15, 0.2) is 18.3 Å². The number of rotatable bonds is 2. The van der Waals surface area contributed by atoms with E-state index in [-0.39, 0.29) is 0 Å². The molecule has 0 unspecified atom stereocenters. The van der Waals surface area contributed by atoms with E-state index in [0.717, 1.165) is 17.3 Å². The predicted molar refractivity (Wildman–Crippen MR) is 65.7 cm³/mol. The monoisotopic (exact) mass is 242 g/mol. The van der Waals surface area contributed by atoms with E-state index < -0.39 is 0 Å². The van der Waals surface area contributed by atoms with Crippen molar-refractivity contribution in [3.8, 4) is 0 Å². The van der Waals surface area contributed by atoms with Gasteiger partial charge in [0, 0.05) is 18.6 Å². The van der Waals surface area contributed by atoms with Crippen LogP contribution in [-0.4, -0.2) is 11.1 Å². The summed E-state index contributed by atoms with van der Waals surface area (Å²) in [6, 6.07) is 3.82. The first-order valence-corrected chi connectivity index (χ1v) is 5.52. The molecular weight excluding hydrogens is 231 g/mol. The van der Waals surface area contributed by atoms with Gasteiger partial charge in [-0.2, -0.15) is 0 Å². The first-order chi connectivity index (χ1) is 7.15. The minimum absolute atomic E-state index is 0.588. The summed E-state index contributed by atoms with van der Waals surface area (Å²) in [4.78, 5) is 0. The second-order valence-electron chi connectivity index (χ2n) is 3.56. The van der Waals surface area contributed by atoms with Gasteiger partial charge in [-0.25, -0.2) is 0 Å². The van der Waals surface area contributed by atoms with Crippen LogP contribution in [-0.2, 0) is 13.5 Å². The summed E-state index contributed by atoms with van der Waals surface area (Å²) in [5.41, 5.74) is 7.76. The molecule has 0 bridgehead atoms. The Morgan fingerprint density at radius 3 is 2.73 bits per heavy atom. The Hall–Kier alpha value is -0.700. The number of hydrogen-bond acceptors (Lipinski definition) is 1. The normalized spacial score (nSPS) is 11.2. The Bertz CT molecular complexity index is 503. The molecule has 1 aromatic heterocycles. The number of aromatic nitrogens is 1. The zero-order valence-electron chi connectivity index (χ0n) is 8.43. The van der Waals surface area contributed by atoms with Gasteiger partial charge >= 0.3 is 0 Å². The fourth-order valence-corrected chi connectivity index (χ4v) is 2.32. The molecule has 2 N–H and O–H groups in total. The second kappa shape index (κ2) is 4.05. The highest BCUT2D eigenvalue weighted by Crippen LogP contribution is 2.33. The number of halogens is 2. The van der Waals surface area contributed by atoms with Crippen LogP contribution in [0.3, 0.4) is 0 Å². The summed E-state index contributed by atoms with van der Waals surface area (Å²) in [6.45, 7) is 0.638. The minimum Gasteiger partial charge on any atom is -0.349 e. The lowest BCUT2D eigenvalue weighted by Crippen LogP contribution is -2.01. The molecule has 0 aliphatic carbocycles. The molecule has 0 radical (unpaired) electrons. The molecule has 1 heterocycles. The van der Waals surface area contributed by atoms with Gasteiger partial charge in [-0.05, 0) is 24.6 Å². The molecule has 2 aromatic rings. The van der Waals surface area contributed by atoms with Crippen molar-refractivity contribution >= 4 is 34.1 Å². The average Bonchev–Trinajstić information content (AvgIpc) is 2.51. The van der Waals surface area contributed by atoms with Crippen LogP contribution in [0.2, 0.25) is 10.0 Å². The van der Waals surface area contributed by atoms with Gasteiger partial charge in [0.1, 0.15) is 0 Å². The van der Waals surface area contributed by atoms with E-state index in [1.165, 1.54) is 5.56 Å². The van der Waals surface area contributed by atoms with Crippen LogP contribution in [0.5, 0.6) is 0 Å². The number of nitrogens with zero attached hydrogens (tertiary/aromatic N) is 1. The Morgan fingerprint density at radius 2 is 2.07 bits per heavy atom. The molecule has 2 nitrogen and oxygen atoms in total. The Labute approximate surface area is 98.6 Å². The lowest BCUT2D eigenvalue weighted by Gasteiger charge is -2.01. The third-order valence-corrected chi connectivity index (χ3v) is 3.33. The number of nitrogens with two attached hydrogens (primary N) is 1. The van der Waals surface area contributed by atoms with Gasteiger partial charge in [-0.3, -0.25) is 0 Å². The Balaban J connectivity index is 2.74.